The van der Waals surface area contributed by atoms with Crippen LogP contribution in [0.15, 0.2) is 0 Å². The lowest BCUT2D eigenvalue weighted by Gasteiger charge is -2.34. The zero-order valence-corrected chi connectivity index (χ0v) is 12.4. The second-order valence-electron chi connectivity index (χ2n) is 6.35. The van der Waals surface area contributed by atoms with Gasteiger partial charge in [-0.25, -0.2) is 0 Å². The third-order valence-electron chi connectivity index (χ3n) is 4.50. The predicted octanol–water partition coefficient (Wildman–Crippen LogP) is 1.81. The summed E-state index contributed by atoms with van der Waals surface area (Å²) in [5.74, 6) is 0. The van der Waals surface area contributed by atoms with Gasteiger partial charge in [-0.15, -0.1) is 0 Å². The fourth-order valence-electron chi connectivity index (χ4n) is 3.61. The molecule has 0 radical (unpaired) electrons. The molecular weight excluding hydrogens is 242 g/mol. The van der Waals surface area contributed by atoms with Crippen molar-refractivity contribution in [2.45, 2.75) is 62.8 Å². The van der Waals surface area contributed by atoms with Crippen LogP contribution in [0.1, 0.15) is 44.9 Å². The molecule has 0 bridgehead atoms. The maximum absolute atomic E-state index is 9.73. The minimum Gasteiger partial charge on any atom is -0.389 e. The van der Waals surface area contributed by atoms with Gasteiger partial charge < -0.3 is 19.5 Å². The lowest BCUT2D eigenvalue weighted by atomic mass is 9.83. The molecule has 19 heavy (non-hydrogen) atoms. The van der Waals surface area contributed by atoms with Gasteiger partial charge in [0.1, 0.15) is 0 Å². The van der Waals surface area contributed by atoms with E-state index in [0.29, 0.717) is 19.3 Å². The quantitative estimate of drug-likeness (QED) is 0.800. The minimum atomic E-state index is -0.403. The summed E-state index contributed by atoms with van der Waals surface area (Å²) in [7, 11) is 3.67. The maximum Gasteiger partial charge on any atom is 0.0899 e. The molecular formula is C15H29NO3. The molecule has 1 saturated heterocycles. The number of aliphatic hydroxyl groups excluding tert-OH is 1. The highest BCUT2D eigenvalue weighted by atomic mass is 16.5. The average Bonchev–Trinajstić information content (AvgIpc) is 2.73. The topological polar surface area (TPSA) is 41.9 Å². The smallest absolute Gasteiger partial charge is 0.0899 e. The van der Waals surface area contributed by atoms with Crippen LogP contribution in [0.25, 0.3) is 0 Å². The van der Waals surface area contributed by atoms with Crippen molar-refractivity contribution >= 4 is 0 Å². The molecule has 0 amide bonds. The zero-order valence-electron chi connectivity index (χ0n) is 12.4. The van der Waals surface area contributed by atoms with E-state index in [-0.39, 0.29) is 5.60 Å². The van der Waals surface area contributed by atoms with Gasteiger partial charge in [0.15, 0.2) is 0 Å². The Bertz CT molecular complexity index is 266. The maximum atomic E-state index is 9.73. The minimum absolute atomic E-state index is 0.203. The molecule has 4 nitrogen and oxygen atoms in total. The molecule has 4 heteroatoms. The monoisotopic (exact) mass is 271 g/mol. The Morgan fingerprint density at radius 2 is 2.05 bits per heavy atom. The Kier molecular flexibility index (Phi) is 5.63. The van der Waals surface area contributed by atoms with Crippen molar-refractivity contribution < 1.29 is 14.6 Å². The van der Waals surface area contributed by atoms with Crippen LogP contribution in [0.3, 0.4) is 0 Å². The van der Waals surface area contributed by atoms with Crippen LogP contribution in [0.4, 0.5) is 0 Å². The molecule has 112 valence electrons. The van der Waals surface area contributed by atoms with Crippen molar-refractivity contribution in [3.05, 3.63) is 0 Å². The molecule has 0 aromatic heterocycles. The first kappa shape index (κ1) is 15.2. The van der Waals surface area contributed by atoms with Crippen molar-refractivity contribution in [1.29, 1.82) is 0 Å². The number of nitrogens with zero attached hydrogens (tertiary/aromatic N) is 1. The summed E-state index contributed by atoms with van der Waals surface area (Å²) in [5, 5.41) is 9.73. The van der Waals surface area contributed by atoms with E-state index in [4.69, 9.17) is 9.47 Å². The highest BCUT2D eigenvalue weighted by molar-refractivity contribution is 4.91. The number of hydrogen-bond acceptors (Lipinski definition) is 4. The molecule has 1 aliphatic heterocycles. The van der Waals surface area contributed by atoms with E-state index < -0.39 is 6.10 Å². The first-order valence-corrected chi connectivity index (χ1v) is 7.67. The molecule has 1 N–H and O–H groups in total. The van der Waals surface area contributed by atoms with Crippen molar-refractivity contribution in [2.24, 2.45) is 0 Å². The van der Waals surface area contributed by atoms with Gasteiger partial charge in [-0.05, 0) is 32.7 Å². The van der Waals surface area contributed by atoms with Gasteiger partial charge in [0, 0.05) is 20.2 Å². The van der Waals surface area contributed by atoms with E-state index in [2.05, 4.69) is 4.90 Å². The van der Waals surface area contributed by atoms with Crippen molar-refractivity contribution in [3.8, 4) is 0 Å². The van der Waals surface area contributed by atoms with Crippen molar-refractivity contribution in [2.75, 3.05) is 33.9 Å². The largest absolute Gasteiger partial charge is 0.389 e. The fourth-order valence-corrected chi connectivity index (χ4v) is 3.61. The van der Waals surface area contributed by atoms with E-state index in [1.54, 1.807) is 7.11 Å². The van der Waals surface area contributed by atoms with Crippen LogP contribution in [-0.4, -0.2) is 61.7 Å². The second kappa shape index (κ2) is 7.02. The van der Waals surface area contributed by atoms with Crippen LogP contribution in [0.2, 0.25) is 0 Å². The Morgan fingerprint density at radius 1 is 1.32 bits per heavy atom. The first-order valence-electron chi connectivity index (χ1n) is 7.67. The second-order valence-corrected chi connectivity index (χ2v) is 6.35. The molecule has 1 heterocycles. The zero-order chi connectivity index (χ0) is 13.7. The van der Waals surface area contributed by atoms with Gasteiger partial charge >= 0.3 is 0 Å². The Labute approximate surface area is 117 Å². The van der Waals surface area contributed by atoms with E-state index in [0.717, 1.165) is 6.54 Å². The molecule has 1 spiro atoms. The van der Waals surface area contributed by atoms with Crippen LogP contribution in [-0.2, 0) is 9.47 Å². The normalized spacial score (nSPS) is 28.1. The summed E-state index contributed by atoms with van der Waals surface area (Å²) in [6.45, 7) is 1.98. The molecule has 1 saturated carbocycles. The Balaban J connectivity index is 1.72. The molecule has 2 unspecified atom stereocenters. The van der Waals surface area contributed by atoms with Crippen LogP contribution < -0.4 is 0 Å². The molecule has 1 aliphatic carbocycles. The molecule has 2 atom stereocenters. The number of aliphatic hydroxyl groups is 1. The summed E-state index contributed by atoms with van der Waals surface area (Å²) >= 11 is 0. The first-order chi connectivity index (χ1) is 9.13. The molecule has 2 rings (SSSR count). The average molecular weight is 271 g/mol. The molecule has 2 aliphatic rings. The van der Waals surface area contributed by atoms with Crippen molar-refractivity contribution in [1.82, 2.24) is 4.90 Å². The summed E-state index contributed by atoms with van der Waals surface area (Å²) in [6, 6.07) is 0. The fraction of sp³-hybridized carbons (Fsp3) is 1.00. The molecule has 0 aromatic carbocycles. The predicted molar refractivity (Wildman–Crippen MR) is 75.3 cm³/mol. The van der Waals surface area contributed by atoms with Crippen molar-refractivity contribution in [3.63, 3.8) is 0 Å². The van der Waals surface area contributed by atoms with Gasteiger partial charge in [-0.3, -0.25) is 0 Å². The van der Waals surface area contributed by atoms with Gasteiger partial charge in [-0.1, -0.05) is 19.3 Å². The Hall–Kier alpha value is -0.160. The number of likely N-dealkylation sites (N-methyl/N-ethyl adjacent to an activating group) is 1. The van der Waals surface area contributed by atoms with Gasteiger partial charge in [0.25, 0.3) is 0 Å². The summed E-state index contributed by atoms with van der Waals surface area (Å²) < 4.78 is 11.3. The summed E-state index contributed by atoms with van der Waals surface area (Å²) in [6.07, 6.45) is 8.87. The molecule has 0 aromatic rings. The van der Waals surface area contributed by atoms with E-state index in [1.165, 1.54) is 44.9 Å². The van der Waals surface area contributed by atoms with E-state index in [9.17, 15) is 5.11 Å². The van der Waals surface area contributed by atoms with Gasteiger partial charge in [0.2, 0.25) is 0 Å². The van der Waals surface area contributed by atoms with Crippen LogP contribution >= 0.6 is 0 Å². The summed E-state index contributed by atoms with van der Waals surface area (Å²) in [4.78, 5) is 2.16. The Morgan fingerprint density at radius 3 is 2.74 bits per heavy atom. The van der Waals surface area contributed by atoms with Crippen LogP contribution in [0.5, 0.6) is 0 Å². The van der Waals surface area contributed by atoms with E-state index >= 15 is 0 Å². The number of ether oxygens (including phenoxy) is 2. The van der Waals surface area contributed by atoms with Gasteiger partial charge in [0.05, 0.1) is 24.4 Å². The van der Waals surface area contributed by atoms with Gasteiger partial charge in [-0.2, -0.15) is 0 Å². The van der Waals surface area contributed by atoms with E-state index in [1.807, 2.05) is 7.05 Å². The molecule has 2 fully saturated rings. The highest BCUT2D eigenvalue weighted by Crippen LogP contribution is 2.41. The number of hydrogen-bond donors (Lipinski definition) is 1. The highest BCUT2D eigenvalue weighted by Gasteiger charge is 2.40. The third kappa shape index (κ3) is 4.42. The number of methoxy groups -OCH3 is 1. The SMILES string of the molecule is COCC(O)CN(C)CC1CCC2(CCCCC2)O1. The lowest BCUT2D eigenvalue weighted by molar-refractivity contribution is -0.0728. The number of rotatable bonds is 6. The standard InChI is InChI=1S/C15H29NO3/c1-16(10-13(17)12-18-2)11-14-6-9-15(19-14)7-4-3-5-8-15/h13-14,17H,3-12H2,1-2H3. The third-order valence-corrected chi connectivity index (χ3v) is 4.50. The van der Waals surface area contributed by atoms with Crippen LogP contribution in [0, 0.1) is 0 Å². The lowest BCUT2D eigenvalue weighted by Crippen LogP contribution is -2.38. The summed E-state index contributed by atoms with van der Waals surface area (Å²) in [5.41, 5.74) is 0.203.